The maximum absolute atomic E-state index is 11.5. The minimum atomic E-state index is -0.726. The van der Waals surface area contributed by atoms with Crippen molar-refractivity contribution in [3.05, 3.63) is 33.8 Å². The van der Waals surface area contributed by atoms with Crippen LogP contribution in [0.3, 0.4) is 0 Å². The smallest absolute Gasteiger partial charge is 0.426 e. The molecule has 98 valence electrons. The quantitative estimate of drug-likeness (QED) is 0.840. The van der Waals surface area contributed by atoms with Crippen LogP contribution in [0.15, 0.2) is 18.2 Å². The van der Waals surface area contributed by atoms with Crippen molar-refractivity contribution < 1.29 is 14.3 Å². The van der Waals surface area contributed by atoms with E-state index in [9.17, 15) is 9.59 Å². The van der Waals surface area contributed by atoms with Crippen LogP contribution in [0.25, 0.3) is 0 Å². The van der Waals surface area contributed by atoms with Crippen molar-refractivity contribution in [1.29, 1.82) is 0 Å². The van der Waals surface area contributed by atoms with Gasteiger partial charge in [0.1, 0.15) is 0 Å². The molecule has 0 atom stereocenters. The van der Waals surface area contributed by atoms with E-state index in [1.54, 1.807) is 25.1 Å². The maximum atomic E-state index is 11.5. The number of benzene rings is 1. The normalized spacial score (nSPS) is 9.72. The van der Waals surface area contributed by atoms with E-state index >= 15 is 0 Å². The van der Waals surface area contributed by atoms with Gasteiger partial charge in [-0.25, -0.2) is 10.2 Å². The Bertz CT molecular complexity index is 432. The number of hydrogen-bond acceptors (Lipinski definition) is 3. The van der Waals surface area contributed by atoms with Crippen LogP contribution in [0.4, 0.5) is 4.79 Å². The van der Waals surface area contributed by atoms with Crippen molar-refractivity contribution in [2.24, 2.45) is 0 Å². The van der Waals surface area contributed by atoms with Gasteiger partial charge in [-0.15, -0.1) is 0 Å². The van der Waals surface area contributed by atoms with Gasteiger partial charge in [0.2, 0.25) is 5.91 Å². The molecule has 5 nitrogen and oxygen atoms in total. The molecule has 18 heavy (non-hydrogen) atoms. The van der Waals surface area contributed by atoms with Gasteiger partial charge in [0.25, 0.3) is 0 Å². The van der Waals surface area contributed by atoms with Gasteiger partial charge in [0.15, 0.2) is 0 Å². The Balaban J connectivity index is 2.52. The highest BCUT2D eigenvalue weighted by atomic mass is 35.5. The van der Waals surface area contributed by atoms with E-state index in [1.165, 1.54) is 0 Å². The van der Waals surface area contributed by atoms with E-state index in [0.29, 0.717) is 15.6 Å². The van der Waals surface area contributed by atoms with Gasteiger partial charge in [-0.05, 0) is 24.6 Å². The van der Waals surface area contributed by atoms with E-state index < -0.39 is 12.0 Å². The molecular formula is C11H12Cl2N2O3. The SMILES string of the molecule is CCOC(=O)NNC(=O)Cc1c(Cl)cccc1Cl. The highest BCUT2D eigenvalue weighted by Crippen LogP contribution is 2.24. The summed E-state index contributed by atoms with van der Waals surface area (Å²) in [6.45, 7) is 1.88. The van der Waals surface area contributed by atoms with Crippen molar-refractivity contribution in [2.45, 2.75) is 13.3 Å². The van der Waals surface area contributed by atoms with Crippen LogP contribution >= 0.6 is 23.2 Å². The second-order valence-electron chi connectivity index (χ2n) is 3.27. The fourth-order valence-electron chi connectivity index (χ4n) is 1.19. The lowest BCUT2D eigenvalue weighted by Crippen LogP contribution is -2.42. The molecule has 1 rings (SSSR count). The summed E-state index contributed by atoms with van der Waals surface area (Å²) in [6.07, 6.45) is -0.763. The molecule has 0 aromatic heterocycles. The van der Waals surface area contributed by atoms with Crippen LogP contribution in [-0.2, 0) is 16.0 Å². The number of hydrazine groups is 1. The fraction of sp³-hybridized carbons (Fsp3) is 0.273. The molecule has 0 saturated carbocycles. The van der Waals surface area contributed by atoms with Gasteiger partial charge in [-0.1, -0.05) is 29.3 Å². The number of rotatable bonds is 3. The Hall–Kier alpha value is -1.46. The minimum absolute atomic E-state index is 0.0368. The van der Waals surface area contributed by atoms with Gasteiger partial charge < -0.3 is 4.74 Å². The van der Waals surface area contributed by atoms with Crippen molar-refractivity contribution in [3.8, 4) is 0 Å². The number of ether oxygens (including phenoxy) is 1. The molecule has 0 aliphatic rings. The summed E-state index contributed by atoms with van der Waals surface area (Å²) >= 11 is 11.8. The van der Waals surface area contributed by atoms with Crippen LogP contribution in [0.1, 0.15) is 12.5 Å². The number of hydrogen-bond donors (Lipinski definition) is 2. The molecule has 2 N–H and O–H groups in total. The van der Waals surface area contributed by atoms with Crippen molar-refractivity contribution in [3.63, 3.8) is 0 Å². The first kappa shape index (κ1) is 14.6. The van der Waals surface area contributed by atoms with E-state index in [1.807, 2.05) is 0 Å². The molecule has 0 saturated heterocycles. The highest BCUT2D eigenvalue weighted by Gasteiger charge is 2.11. The molecule has 0 heterocycles. The van der Waals surface area contributed by atoms with E-state index in [2.05, 4.69) is 15.6 Å². The topological polar surface area (TPSA) is 67.4 Å². The zero-order valence-corrected chi connectivity index (χ0v) is 11.1. The monoisotopic (exact) mass is 290 g/mol. The Labute approximate surface area is 114 Å². The maximum Gasteiger partial charge on any atom is 0.426 e. The summed E-state index contributed by atoms with van der Waals surface area (Å²) in [5, 5.41) is 0.794. The Morgan fingerprint density at radius 2 is 1.83 bits per heavy atom. The fourth-order valence-corrected chi connectivity index (χ4v) is 1.72. The third kappa shape index (κ3) is 4.43. The number of carbonyl (C=O) groups is 2. The summed E-state index contributed by atoms with van der Waals surface area (Å²) in [7, 11) is 0. The summed E-state index contributed by atoms with van der Waals surface area (Å²) in [5.74, 6) is -0.446. The number of halogens is 2. The lowest BCUT2D eigenvalue weighted by atomic mass is 10.1. The molecule has 1 aromatic carbocycles. The summed E-state index contributed by atoms with van der Waals surface area (Å²) in [4.78, 5) is 22.5. The summed E-state index contributed by atoms with van der Waals surface area (Å²) in [5.41, 5.74) is 4.79. The number of amides is 2. The van der Waals surface area contributed by atoms with Crippen molar-refractivity contribution >= 4 is 35.2 Å². The van der Waals surface area contributed by atoms with Crippen LogP contribution < -0.4 is 10.9 Å². The zero-order chi connectivity index (χ0) is 13.5. The molecule has 0 aliphatic carbocycles. The van der Waals surface area contributed by atoms with E-state index in [4.69, 9.17) is 23.2 Å². The predicted molar refractivity (Wildman–Crippen MR) is 68.5 cm³/mol. The van der Waals surface area contributed by atoms with E-state index in [0.717, 1.165) is 0 Å². The average molecular weight is 291 g/mol. The third-order valence-corrected chi connectivity index (χ3v) is 2.69. The molecule has 7 heteroatoms. The van der Waals surface area contributed by atoms with Crippen LogP contribution in [-0.4, -0.2) is 18.6 Å². The third-order valence-electron chi connectivity index (χ3n) is 1.98. The Morgan fingerprint density at radius 3 is 2.39 bits per heavy atom. The average Bonchev–Trinajstić information content (AvgIpc) is 2.32. The number of nitrogens with one attached hydrogen (secondary N) is 2. The van der Waals surface area contributed by atoms with Gasteiger partial charge in [0.05, 0.1) is 13.0 Å². The highest BCUT2D eigenvalue weighted by molar-refractivity contribution is 6.36. The standard InChI is InChI=1S/C11H12Cl2N2O3/c1-2-18-11(17)15-14-10(16)6-7-8(12)4-3-5-9(7)13/h3-5H,2,6H2,1H3,(H,14,16)(H,15,17). The van der Waals surface area contributed by atoms with Gasteiger partial charge in [-0.2, -0.15) is 0 Å². The van der Waals surface area contributed by atoms with Gasteiger partial charge in [-0.3, -0.25) is 10.2 Å². The largest absolute Gasteiger partial charge is 0.449 e. The van der Waals surface area contributed by atoms with Gasteiger partial charge >= 0.3 is 6.09 Å². The second kappa shape index (κ2) is 7.08. The van der Waals surface area contributed by atoms with Gasteiger partial charge in [0, 0.05) is 10.0 Å². The molecule has 0 bridgehead atoms. The first-order valence-electron chi connectivity index (χ1n) is 5.19. The summed E-state index contributed by atoms with van der Waals surface area (Å²) < 4.78 is 4.57. The molecular weight excluding hydrogens is 279 g/mol. The molecule has 0 unspecified atom stereocenters. The second-order valence-corrected chi connectivity index (χ2v) is 4.09. The zero-order valence-electron chi connectivity index (χ0n) is 9.63. The van der Waals surface area contributed by atoms with Crippen LogP contribution in [0.5, 0.6) is 0 Å². The van der Waals surface area contributed by atoms with Crippen molar-refractivity contribution in [2.75, 3.05) is 6.61 Å². The number of carbonyl (C=O) groups excluding carboxylic acids is 2. The first-order valence-corrected chi connectivity index (χ1v) is 5.94. The Morgan fingerprint density at radius 1 is 1.22 bits per heavy atom. The molecule has 0 fully saturated rings. The Kier molecular flexibility index (Phi) is 5.74. The molecule has 0 radical (unpaired) electrons. The molecule has 2 amide bonds. The predicted octanol–water partition coefficient (Wildman–Crippen LogP) is 2.31. The lowest BCUT2D eigenvalue weighted by Gasteiger charge is -2.09. The van der Waals surface area contributed by atoms with Crippen molar-refractivity contribution in [1.82, 2.24) is 10.9 Å². The first-order chi connectivity index (χ1) is 8.54. The molecule has 1 aromatic rings. The van der Waals surface area contributed by atoms with Crippen LogP contribution in [0, 0.1) is 0 Å². The molecule has 0 aliphatic heterocycles. The lowest BCUT2D eigenvalue weighted by molar-refractivity contribution is -0.121. The minimum Gasteiger partial charge on any atom is -0.449 e. The van der Waals surface area contributed by atoms with E-state index in [-0.39, 0.29) is 13.0 Å². The molecule has 0 spiro atoms. The summed E-state index contributed by atoms with van der Waals surface area (Å²) in [6, 6.07) is 4.95. The van der Waals surface area contributed by atoms with Crippen LogP contribution in [0.2, 0.25) is 10.0 Å².